The molecule has 3 aromatic rings. The largest absolute Gasteiger partial charge is 0.351 e. The standard InChI is InChI=1S/C22H23Cl2N3/c23-18-12-10-17(11-13-18)21-20(24)22(26-25-21)27-15-5-4-8-19(27)14-9-16-6-2-1-3-7-16/h1-3,6-7,10-13,19H,4-5,8-9,14-15H2,(H,25,26). The first-order chi connectivity index (χ1) is 13.2. The molecule has 0 bridgehead atoms. The summed E-state index contributed by atoms with van der Waals surface area (Å²) in [5.74, 6) is 0.874. The summed E-state index contributed by atoms with van der Waals surface area (Å²) in [6.45, 7) is 1.00. The first kappa shape index (κ1) is 18.4. The number of anilines is 1. The Hall–Kier alpha value is -1.97. The van der Waals surface area contributed by atoms with Crippen molar-refractivity contribution in [1.82, 2.24) is 10.2 Å². The number of aromatic amines is 1. The second kappa shape index (κ2) is 8.37. The molecular formula is C22H23Cl2N3. The number of hydrogen-bond donors (Lipinski definition) is 1. The lowest BCUT2D eigenvalue weighted by Gasteiger charge is -2.36. The molecule has 0 amide bonds. The fraction of sp³-hybridized carbons (Fsp3) is 0.318. The Bertz CT molecular complexity index is 874. The quantitative estimate of drug-likeness (QED) is 0.539. The van der Waals surface area contributed by atoms with Gasteiger partial charge in [-0.3, -0.25) is 5.10 Å². The lowest BCUT2D eigenvalue weighted by atomic mass is 9.96. The summed E-state index contributed by atoms with van der Waals surface area (Å²) in [6.07, 6.45) is 5.83. The first-order valence-corrected chi connectivity index (χ1v) is 10.3. The topological polar surface area (TPSA) is 31.9 Å². The van der Waals surface area contributed by atoms with Gasteiger partial charge in [0.1, 0.15) is 5.02 Å². The Morgan fingerprint density at radius 3 is 2.56 bits per heavy atom. The fourth-order valence-corrected chi connectivity index (χ4v) is 4.30. The molecule has 4 rings (SSSR count). The second-order valence-corrected chi connectivity index (χ2v) is 7.92. The van der Waals surface area contributed by atoms with Gasteiger partial charge in [-0.25, -0.2) is 0 Å². The molecule has 0 spiro atoms. The van der Waals surface area contributed by atoms with Crippen LogP contribution < -0.4 is 4.90 Å². The van der Waals surface area contributed by atoms with E-state index in [1.54, 1.807) is 0 Å². The average molecular weight is 400 g/mol. The number of nitrogens with zero attached hydrogens (tertiary/aromatic N) is 2. The number of H-pyrrole nitrogens is 1. The van der Waals surface area contributed by atoms with Crippen molar-refractivity contribution >= 4 is 29.0 Å². The van der Waals surface area contributed by atoms with Gasteiger partial charge in [0.05, 0.1) is 5.69 Å². The molecule has 5 heteroatoms. The zero-order valence-electron chi connectivity index (χ0n) is 15.2. The Morgan fingerprint density at radius 1 is 1.00 bits per heavy atom. The zero-order valence-corrected chi connectivity index (χ0v) is 16.7. The summed E-state index contributed by atoms with van der Waals surface area (Å²) in [5.41, 5.74) is 3.25. The molecule has 140 valence electrons. The monoisotopic (exact) mass is 399 g/mol. The van der Waals surface area contributed by atoms with Gasteiger partial charge in [0.2, 0.25) is 0 Å². The Balaban J connectivity index is 1.54. The van der Waals surface area contributed by atoms with Crippen molar-refractivity contribution in [3.8, 4) is 11.3 Å². The van der Waals surface area contributed by atoms with Crippen molar-refractivity contribution in [2.45, 2.75) is 38.1 Å². The Kier molecular flexibility index (Phi) is 5.70. The van der Waals surface area contributed by atoms with E-state index in [1.165, 1.54) is 24.8 Å². The summed E-state index contributed by atoms with van der Waals surface area (Å²) < 4.78 is 0. The van der Waals surface area contributed by atoms with E-state index in [0.29, 0.717) is 16.1 Å². The summed E-state index contributed by atoms with van der Waals surface area (Å²) in [4.78, 5) is 2.39. The molecule has 0 aliphatic carbocycles. The summed E-state index contributed by atoms with van der Waals surface area (Å²) in [6, 6.07) is 18.8. The van der Waals surface area contributed by atoms with Crippen LogP contribution in [0.15, 0.2) is 54.6 Å². The van der Waals surface area contributed by atoms with Gasteiger partial charge in [0.15, 0.2) is 5.82 Å². The highest BCUT2D eigenvalue weighted by Crippen LogP contribution is 2.37. The third-order valence-corrected chi connectivity index (χ3v) is 5.94. The molecule has 1 atom stereocenters. The van der Waals surface area contributed by atoms with Crippen LogP contribution in [0.5, 0.6) is 0 Å². The van der Waals surface area contributed by atoms with Gasteiger partial charge >= 0.3 is 0 Å². The van der Waals surface area contributed by atoms with E-state index in [1.807, 2.05) is 24.3 Å². The van der Waals surface area contributed by atoms with Gasteiger partial charge in [-0.15, -0.1) is 0 Å². The molecule has 2 heterocycles. The van der Waals surface area contributed by atoms with Crippen LogP contribution in [-0.2, 0) is 6.42 Å². The SMILES string of the molecule is Clc1ccc(-c2[nH]nc(N3CCCCC3CCc3ccccc3)c2Cl)cc1. The highest BCUT2D eigenvalue weighted by Gasteiger charge is 2.27. The van der Waals surface area contributed by atoms with Crippen molar-refractivity contribution < 1.29 is 0 Å². The van der Waals surface area contributed by atoms with Crippen LogP contribution in [-0.4, -0.2) is 22.8 Å². The van der Waals surface area contributed by atoms with Gasteiger partial charge in [0, 0.05) is 23.2 Å². The van der Waals surface area contributed by atoms with E-state index >= 15 is 0 Å². The number of hydrogen-bond acceptors (Lipinski definition) is 2. The summed E-state index contributed by atoms with van der Waals surface area (Å²) in [7, 11) is 0. The van der Waals surface area contributed by atoms with Crippen molar-refractivity contribution in [3.63, 3.8) is 0 Å². The molecule has 1 fully saturated rings. The number of nitrogens with one attached hydrogen (secondary N) is 1. The number of rotatable bonds is 5. The molecular weight excluding hydrogens is 377 g/mol. The fourth-order valence-electron chi connectivity index (χ4n) is 3.87. The van der Waals surface area contributed by atoms with Crippen LogP contribution in [0.2, 0.25) is 10.0 Å². The van der Waals surface area contributed by atoms with E-state index in [0.717, 1.165) is 36.5 Å². The van der Waals surface area contributed by atoms with Gasteiger partial charge in [-0.1, -0.05) is 65.7 Å². The molecule has 0 radical (unpaired) electrons. The molecule has 1 aliphatic rings. The van der Waals surface area contributed by atoms with E-state index in [9.17, 15) is 0 Å². The maximum atomic E-state index is 6.75. The number of aryl methyl sites for hydroxylation is 1. The number of piperidine rings is 1. The minimum absolute atomic E-state index is 0.470. The van der Waals surface area contributed by atoms with E-state index in [4.69, 9.17) is 23.2 Å². The van der Waals surface area contributed by atoms with Crippen LogP contribution in [0.1, 0.15) is 31.2 Å². The predicted octanol–water partition coefficient (Wildman–Crippen LogP) is 6.38. The van der Waals surface area contributed by atoms with Gasteiger partial charge in [-0.2, -0.15) is 5.10 Å². The molecule has 27 heavy (non-hydrogen) atoms. The maximum Gasteiger partial charge on any atom is 0.170 e. The Morgan fingerprint density at radius 2 is 1.78 bits per heavy atom. The first-order valence-electron chi connectivity index (χ1n) is 9.53. The van der Waals surface area contributed by atoms with Crippen molar-refractivity contribution in [3.05, 3.63) is 70.2 Å². The molecule has 1 aromatic heterocycles. The smallest absolute Gasteiger partial charge is 0.170 e. The number of benzene rings is 2. The lowest BCUT2D eigenvalue weighted by Crippen LogP contribution is -2.40. The molecule has 2 aromatic carbocycles. The van der Waals surface area contributed by atoms with Crippen LogP contribution in [0, 0.1) is 0 Å². The van der Waals surface area contributed by atoms with Crippen LogP contribution in [0.3, 0.4) is 0 Å². The van der Waals surface area contributed by atoms with Gasteiger partial charge in [0.25, 0.3) is 0 Å². The molecule has 1 aliphatic heterocycles. The number of aromatic nitrogens is 2. The van der Waals surface area contributed by atoms with Crippen molar-refractivity contribution in [2.24, 2.45) is 0 Å². The van der Waals surface area contributed by atoms with E-state index in [-0.39, 0.29) is 0 Å². The minimum atomic E-state index is 0.470. The summed E-state index contributed by atoms with van der Waals surface area (Å²) >= 11 is 12.7. The van der Waals surface area contributed by atoms with Crippen LogP contribution in [0.25, 0.3) is 11.3 Å². The lowest BCUT2D eigenvalue weighted by molar-refractivity contribution is 0.435. The number of halogens is 2. The van der Waals surface area contributed by atoms with Crippen molar-refractivity contribution in [1.29, 1.82) is 0 Å². The minimum Gasteiger partial charge on any atom is -0.351 e. The average Bonchev–Trinajstić information content (AvgIpc) is 3.09. The predicted molar refractivity (Wildman–Crippen MR) is 114 cm³/mol. The van der Waals surface area contributed by atoms with E-state index in [2.05, 4.69) is 45.4 Å². The molecule has 3 nitrogen and oxygen atoms in total. The Labute approximate surface area is 170 Å². The molecule has 0 saturated carbocycles. The van der Waals surface area contributed by atoms with Gasteiger partial charge < -0.3 is 4.90 Å². The highest BCUT2D eigenvalue weighted by atomic mass is 35.5. The third-order valence-electron chi connectivity index (χ3n) is 5.33. The molecule has 1 N–H and O–H groups in total. The van der Waals surface area contributed by atoms with Crippen LogP contribution in [0.4, 0.5) is 5.82 Å². The summed E-state index contributed by atoms with van der Waals surface area (Å²) in [5, 5.41) is 9.13. The highest BCUT2D eigenvalue weighted by molar-refractivity contribution is 6.35. The normalized spacial score (nSPS) is 17.3. The van der Waals surface area contributed by atoms with E-state index < -0.39 is 0 Å². The van der Waals surface area contributed by atoms with Gasteiger partial charge in [-0.05, 0) is 49.8 Å². The van der Waals surface area contributed by atoms with Crippen molar-refractivity contribution in [2.75, 3.05) is 11.4 Å². The second-order valence-electron chi connectivity index (χ2n) is 7.11. The maximum absolute atomic E-state index is 6.75. The molecule has 1 saturated heterocycles. The molecule has 1 unspecified atom stereocenters. The third kappa shape index (κ3) is 4.15. The van der Waals surface area contributed by atoms with Crippen LogP contribution >= 0.6 is 23.2 Å². The zero-order chi connectivity index (χ0) is 18.6.